The van der Waals surface area contributed by atoms with Gasteiger partial charge in [0.05, 0.1) is 6.10 Å². The lowest BCUT2D eigenvalue weighted by atomic mass is 10.2. The molecular formula is C18H20N6O3. The van der Waals surface area contributed by atoms with Crippen LogP contribution in [0.4, 0.5) is 0 Å². The van der Waals surface area contributed by atoms with Gasteiger partial charge in [-0.2, -0.15) is 4.98 Å². The first kappa shape index (κ1) is 17.3. The van der Waals surface area contributed by atoms with Crippen molar-refractivity contribution in [3.8, 4) is 17.3 Å². The molecule has 1 fully saturated rings. The molecule has 4 heterocycles. The van der Waals surface area contributed by atoms with Crippen LogP contribution >= 0.6 is 0 Å². The van der Waals surface area contributed by atoms with Crippen LogP contribution in [0.5, 0.6) is 0 Å². The first-order chi connectivity index (χ1) is 13.2. The fraction of sp³-hybridized carbons (Fsp3) is 0.389. The van der Waals surface area contributed by atoms with Crippen molar-refractivity contribution in [1.82, 2.24) is 30.0 Å². The lowest BCUT2D eigenvalue weighted by Gasteiger charge is -2.09. The molecule has 1 aliphatic rings. The second-order valence-corrected chi connectivity index (χ2v) is 6.28. The summed E-state index contributed by atoms with van der Waals surface area (Å²) in [4.78, 5) is 25.1. The van der Waals surface area contributed by atoms with Crippen LogP contribution in [0.2, 0.25) is 0 Å². The smallest absolute Gasteiger partial charge is 0.271 e. The molecule has 0 unspecified atom stereocenters. The molecule has 1 saturated heterocycles. The van der Waals surface area contributed by atoms with E-state index in [-0.39, 0.29) is 12.0 Å². The number of amides is 1. The number of ether oxygens (including phenoxy) is 1. The second kappa shape index (κ2) is 7.67. The molecular weight excluding hydrogens is 348 g/mol. The van der Waals surface area contributed by atoms with Gasteiger partial charge in [0.25, 0.3) is 11.8 Å². The van der Waals surface area contributed by atoms with E-state index in [4.69, 9.17) is 9.26 Å². The molecule has 1 amide bonds. The van der Waals surface area contributed by atoms with E-state index in [1.165, 1.54) is 0 Å². The number of rotatable bonds is 6. The fourth-order valence-corrected chi connectivity index (χ4v) is 2.88. The van der Waals surface area contributed by atoms with Crippen LogP contribution in [0.3, 0.4) is 0 Å². The number of carbonyl (C=O) groups excluding carboxylic acids is 1. The third kappa shape index (κ3) is 3.87. The number of carbonyl (C=O) groups is 1. The molecule has 0 spiro atoms. The van der Waals surface area contributed by atoms with Crippen LogP contribution in [-0.2, 0) is 11.2 Å². The molecule has 0 saturated carbocycles. The van der Waals surface area contributed by atoms with E-state index < -0.39 is 0 Å². The highest BCUT2D eigenvalue weighted by Gasteiger charge is 2.18. The van der Waals surface area contributed by atoms with Crippen LogP contribution in [0.15, 0.2) is 35.4 Å². The number of imidazole rings is 1. The van der Waals surface area contributed by atoms with Gasteiger partial charge < -0.3 is 14.6 Å². The van der Waals surface area contributed by atoms with Crippen LogP contribution in [-0.4, -0.2) is 49.8 Å². The number of hydrogen-bond acceptors (Lipinski definition) is 7. The van der Waals surface area contributed by atoms with Gasteiger partial charge in [0.2, 0.25) is 0 Å². The summed E-state index contributed by atoms with van der Waals surface area (Å²) in [5, 5.41) is 6.76. The average molecular weight is 368 g/mol. The summed E-state index contributed by atoms with van der Waals surface area (Å²) in [6.07, 6.45) is 7.65. The SMILES string of the molecule is CCc1noc(-c2ccnc(-n3cnc(C(=O)NC[C@@H]4CCCO4)c3)c2)n1. The van der Waals surface area contributed by atoms with Gasteiger partial charge in [0, 0.05) is 37.5 Å². The van der Waals surface area contributed by atoms with Gasteiger partial charge in [-0.1, -0.05) is 12.1 Å². The third-order valence-corrected chi connectivity index (χ3v) is 4.37. The Morgan fingerprint density at radius 2 is 2.33 bits per heavy atom. The Morgan fingerprint density at radius 1 is 1.41 bits per heavy atom. The molecule has 0 bridgehead atoms. The van der Waals surface area contributed by atoms with Gasteiger partial charge in [-0.25, -0.2) is 9.97 Å². The van der Waals surface area contributed by atoms with E-state index in [1.54, 1.807) is 29.4 Å². The minimum absolute atomic E-state index is 0.0943. The predicted molar refractivity (Wildman–Crippen MR) is 95.3 cm³/mol. The van der Waals surface area contributed by atoms with Crippen molar-refractivity contribution in [1.29, 1.82) is 0 Å². The molecule has 0 aromatic carbocycles. The van der Waals surface area contributed by atoms with Crippen molar-refractivity contribution < 1.29 is 14.1 Å². The molecule has 140 valence electrons. The van der Waals surface area contributed by atoms with E-state index in [0.29, 0.717) is 36.2 Å². The molecule has 0 radical (unpaired) electrons. The summed E-state index contributed by atoms with van der Waals surface area (Å²) < 4.78 is 12.5. The topological polar surface area (TPSA) is 108 Å². The van der Waals surface area contributed by atoms with Gasteiger partial charge in [0.15, 0.2) is 5.82 Å². The lowest BCUT2D eigenvalue weighted by molar-refractivity contribution is 0.0854. The minimum Gasteiger partial charge on any atom is -0.376 e. The van der Waals surface area contributed by atoms with Gasteiger partial charge in [0.1, 0.15) is 17.8 Å². The normalized spacial score (nSPS) is 16.6. The maximum Gasteiger partial charge on any atom is 0.271 e. The standard InChI is InChI=1S/C18H20N6O3/c1-2-15-22-18(27-23-15)12-5-6-19-16(8-12)24-10-14(21-11-24)17(25)20-9-13-4-3-7-26-13/h5-6,8,10-11,13H,2-4,7,9H2,1H3,(H,20,25)/t13-/m0/s1. The minimum atomic E-state index is -0.232. The number of aromatic nitrogens is 5. The monoisotopic (exact) mass is 368 g/mol. The van der Waals surface area contributed by atoms with Crippen LogP contribution in [0.25, 0.3) is 17.3 Å². The summed E-state index contributed by atoms with van der Waals surface area (Å²) in [7, 11) is 0. The lowest BCUT2D eigenvalue weighted by Crippen LogP contribution is -2.31. The largest absolute Gasteiger partial charge is 0.376 e. The summed E-state index contributed by atoms with van der Waals surface area (Å²) in [6, 6.07) is 3.60. The van der Waals surface area contributed by atoms with Crippen molar-refractivity contribution in [2.75, 3.05) is 13.2 Å². The van der Waals surface area contributed by atoms with Crippen molar-refractivity contribution >= 4 is 5.91 Å². The molecule has 1 aliphatic heterocycles. The van der Waals surface area contributed by atoms with Crippen molar-refractivity contribution in [3.05, 3.63) is 42.4 Å². The zero-order valence-corrected chi connectivity index (χ0v) is 15.0. The third-order valence-electron chi connectivity index (χ3n) is 4.37. The zero-order valence-electron chi connectivity index (χ0n) is 15.0. The highest BCUT2D eigenvalue weighted by atomic mass is 16.5. The van der Waals surface area contributed by atoms with E-state index in [1.807, 2.05) is 13.0 Å². The molecule has 1 N–H and O–H groups in total. The summed E-state index contributed by atoms with van der Waals surface area (Å²) in [5.41, 5.74) is 1.08. The first-order valence-corrected chi connectivity index (χ1v) is 8.96. The summed E-state index contributed by atoms with van der Waals surface area (Å²) >= 11 is 0. The second-order valence-electron chi connectivity index (χ2n) is 6.28. The molecule has 0 aliphatic carbocycles. The van der Waals surface area contributed by atoms with E-state index >= 15 is 0 Å². The fourth-order valence-electron chi connectivity index (χ4n) is 2.88. The Morgan fingerprint density at radius 3 is 3.11 bits per heavy atom. The average Bonchev–Trinajstić information content (AvgIpc) is 3.47. The number of nitrogens with zero attached hydrogens (tertiary/aromatic N) is 5. The summed E-state index contributed by atoms with van der Waals surface area (Å²) in [6.45, 7) is 3.22. The van der Waals surface area contributed by atoms with Crippen LogP contribution < -0.4 is 5.32 Å². The number of pyridine rings is 1. The molecule has 1 atom stereocenters. The van der Waals surface area contributed by atoms with Crippen molar-refractivity contribution in [3.63, 3.8) is 0 Å². The number of aryl methyl sites for hydroxylation is 1. The van der Waals surface area contributed by atoms with Gasteiger partial charge in [-0.05, 0) is 25.0 Å². The zero-order chi connectivity index (χ0) is 18.6. The first-order valence-electron chi connectivity index (χ1n) is 8.96. The van der Waals surface area contributed by atoms with Crippen molar-refractivity contribution in [2.45, 2.75) is 32.3 Å². The number of nitrogens with one attached hydrogen (secondary N) is 1. The van der Waals surface area contributed by atoms with Gasteiger partial charge in [-0.3, -0.25) is 9.36 Å². The molecule has 9 heteroatoms. The van der Waals surface area contributed by atoms with E-state index in [0.717, 1.165) is 25.0 Å². The van der Waals surface area contributed by atoms with Gasteiger partial charge in [-0.15, -0.1) is 0 Å². The Bertz CT molecular complexity index is 929. The van der Waals surface area contributed by atoms with E-state index in [9.17, 15) is 4.79 Å². The highest BCUT2D eigenvalue weighted by Crippen LogP contribution is 2.19. The molecule has 3 aromatic rings. The highest BCUT2D eigenvalue weighted by molar-refractivity contribution is 5.92. The summed E-state index contributed by atoms with van der Waals surface area (Å²) in [5.74, 6) is 1.46. The maximum atomic E-state index is 12.3. The Hall–Kier alpha value is -3.07. The van der Waals surface area contributed by atoms with E-state index in [2.05, 4.69) is 25.4 Å². The van der Waals surface area contributed by atoms with Gasteiger partial charge >= 0.3 is 0 Å². The Balaban J connectivity index is 1.47. The maximum absolute atomic E-state index is 12.3. The molecule has 4 rings (SSSR count). The molecule has 9 nitrogen and oxygen atoms in total. The molecule has 3 aromatic heterocycles. The Labute approximate surface area is 155 Å². The molecule has 27 heavy (non-hydrogen) atoms. The van der Waals surface area contributed by atoms with Crippen molar-refractivity contribution in [2.24, 2.45) is 0 Å². The Kier molecular flexibility index (Phi) is 4.93. The van der Waals surface area contributed by atoms with Crippen LogP contribution in [0, 0.1) is 0 Å². The van der Waals surface area contributed by atoms with Crippen LogP contribution in [0.1, 0.15) is 36.1 Å². The number of hydrogen-bond donors (Lipinski definition) is 1. The predicted octanol–water partition coefficient (Wildman–Crippen LogP) is 1.79. The quantitative estimate of drug-likeness (QED) is 0.706.